The van der Waals surface area contributed by atoms with Crippen molar-refractivity contribution in [2.75, 3.05) is 20.2 Å². The van der Waals surface area contributed by atoms with E-state index in [1.807, 2.05) is 4.68 Å². The first-order valence-electron chi connectivity index (χ1n) is 9.10. The molecule has 3 rings (SSSR count). The van der Waals surface area contributed by atoms with Crippen molar-refractivity contribution >= 4 is 5.91 Å². The van der Waals surface area contributed by atoms with Gasteiger partial charge < -0.3 is 15.4 Å². The largest absolute Gasteiger partial charge is 0.381 e. The Morgan fingerprint density at radius 3 is 2.75 bits per heavy atom. The van der Waals surface area contributed by atoms with Crippen LogP contribution in [0.2, 0.25) is 0 Å². The minimum Gasteiger partial charge on any atom is -0.381 e. The molecule has 1 aromatic rings. The number of hydrogen-bond donors (Lipinski definition) is 2. The predicted octanol–water partition coefficient (Wildman–Crippen LogP) is 1.53. The molecule has 0 bridgehead atoms. The SMILES string of the molecule is CCC1(CC)[C@H](NC(=O)c2cn(C3CCNCC3)nn2)C[C@H]1OC. The van der Waals surface area contributed by atoms with Crippen molar-refractivity contribution in [1.29, 1.82) is 0 Å². The number of aromatic nitrogens is 3. The number of amides is 1. The lowest BCUT2D eigenvalue weighted by atomic mass is 9.58. The second-order valence-corrected chi connectivity index (χ2v) is 6.99. The zero-order valence-electron chi connectivity index (χ0n) is 14.9. The smallest absolute Gasteiger partial charge is 0.273 e. The quantitative estimate of drug-likeness (QED) is 0.824. The molecule has 134 valence electrons. The van der Waals surface area contributed by atoms with Gasteiger partial charge in [-0.2, -0.15) is 0 Å². The van der Waals surface area contributed by atoms with E-state index in [0.717, 1.165) is 45.2 Å². The van der Waals surface area contributed by atoms with Crippen molar-refractivity contribution in [3.63, 3.8) is 0 Å². The normalized spacial score (nSPS) is 26.8. The van der Waals surface area contributed by atoms with E-state index in [0.29, 0.717) is 11.7 Å². The van der Waals surface area contributed by atoms with Gasteiger partial charge in [-0.05, 0) is 45.2 Å². The van der Waals surface area contributed by atoms with Crippen LogP contribution in [0.15, 0.2) is 6.20 Å². The molecule has 1 aromatic heterocycles. The van der Waals surface area contributed by atoms with E-state index in [2.05, 4.69) is 34.8 Å². The lowest BCUT2D eigenvalue weighted by Gasteiger charge is -2.55. The fraction of sp³-hybridized carbons (Fsp3) is 0.824. The number of piperidine rings is 1. The van der Waals surface area contributed by atoms with Gasteiger partial charge in [-0.1, -0.05) is 19.1 Å². The van der Waals surface area contributed by atoms with Crippen LogP contribution in [0.1, 0.15) is 62.5 Å². The van der Waals surface area contributed by atoms with Gasteiger partial charge in [0.2, 0.25) is 0 Å². The first-order valence-corrected chi connectivity index (χ1v) is 9.10. The predicted molar refractivity (Wildman–Crippen MR) is 90.8 cm³/mol. The Hall–Kier alpha value is -1.47. The van der Waals surface area contributed by atoms with E-state index in [-0.39, 0.29) is 23.5 Å². The third-order valence-corrected chi connectivity index (χ3v) is 6.12. The number of carbonyl (C=O) groups is 1. The Labute approximate surface area is 143 Å². The van der Waals surface area contributed by atoms with Crippen LogP contribution in [0.4, 0.5) is 0 Å². The van der Waals surface area contributed by atoms with Gasteiger partial charge in [0, 0.05) is 18.6 Å². The number of nitrogens with one attached hydrogen (secondary N) is 2. The lowest BCUT2D eigenvalue weighted by molar-refractivity contribution is -0.120. The Morgan fingerprint density at radius 1 is 1.42 bits per heavy atom. The van der Waals surface area contributed by atoms with Crippen LogP contribution in [0.3, 0.4) is 0 Å². The van der Waals surface area contributed by atoms with Crippen LogP contribution in [0, 0.1) is 5.41 Å². The molecule has 2 fully saturated rings. The summed E-state index contributed by atoms with van der Waals surface area (Å²) in [5.74, 6) is -0.124. The van der Waals surface area contributed by atoms with Crippen molar-refractivity contribution in [2.24, 2.45) is 5.41 Å². The average molecular weight is 335 g/mol. The van der Waals surface area contributed by atoms with Gasteiger partial charge in [-0.15, -0.1) is 5.10 Å². The lowest BCUT2D eigenvalue weighted by Crippen LogP contribution is -2.64. The maximum absolute atomic E-state index is 12.6. The molecule has 1 aliphatic carbocycles. The molecule has 2 heterocycles. The van der Waals surface area contributed by atoms with Crippen LogP contribution >= 0.6 is 0 Å². The number of hydrogen-bond acceptors (Lipinski definition) is 5. The van der Waals surface area contributed by atoms with E-state index in [9.17, 15) is 4.79 Å². The molecule has 1 saturated heterocycles. The second kappa shape index (κ2) is 7.19. The van der Waals surface area contributed by atoms with Crippen LogP contribution < -0.4 is 10.6 Å². The number of rotatable bonds is 6. The Kier molecular flexibility index (Phi) is 5.20. The maximum atomic E-state index is 12.6. The maximum Gasteiger partial charge on any atom is 0.273 e. The highest BCUT2D eigenvalue weighted by molar-refractivity contribution is 5.92. The van der Waals surface area contributed by atoms with Crippen molar-refractivity contribution < 1.29 is 9.53 Å². The molecule has 7 nitrogen and oxygen atoms in total. The summed E-state index contributed by atoms with van der Waals surface area (Å²) < 4.78 is 7.44. The van der Waals surface area contributed by atoms with Gasteiger partial charge in [0.1, 0.15) is 0 Å². The summed E-state index contributed by atoms with van der Waals surface area (Å²) in [6.07, 6.45) is 6.92. The molecule has 0 unspecified atom stereocenters. The topological polar surface area (TPSA) is 81.1 Å². The summed E-state index contributed by atoms with van der Waals surface area (Å²) in [5, 5.41) is 14.8. The second-order valence-electron chi connectivity index (χ2n) is 6.99. The summed E-state index contributed by atoms with van der Waals surface area (Å²) in [7, 11) is 1.76. The van der Waals surface area contributed by atoms with Crippen molar-refractivity contribution in [1.82, 2.24) is 25.6 Å². The van der Waals surface area contributed by atoms with E-state index in [4.69, 9.17) is 4.74 Å². The molecule has 0 aromatic carbocycles. The fourth-order valence-electron chi connectivity index (χ4n) is 4.34. The Balaban J connectivity index is 1.64. The monoisotopic (exact) mass is 335 g/mol. The van der Waals surface area contributed by atoms with Gasteiger partial charge in [0.15, 0.2) is 5.69 Å². The number of carbonyl (C=O) groups excluding carboxylic acids is 1. The van der Waals surface area contributed by atoms with Crippen LogP contribution in [-0.2, 0) is 4.74 Å². The molecule has 2 aliphatic rings. The summed E-state index contributed by atoms with van der Waals surface area (Å²) >= 11 is 0. The van der Waals surface area contributed by atoms with Crippen molar-refractivity contribution in [2.45, 2.75) is 64.1 Å². The van der Waals surface area contributed by atoms with E-state index in [1.165, 1.54) is 0 Å². The summed E-state index contributed by atoms with van der Waals surface area (Å²) in [6.45, 7) is 6.31. The zero-order chi connectivity index (χ0) is 17.2. The number of methoxy groups -OCH3 is 1. The molecular formula is C17H29N5O2. The van der Waals surface area contributed by atoms with Gasteiger partial charge in [-0.3, -0.25) is 4.79 Å². The van der Waals surface area contributed by atoms with E-state index >= 15 is 0 Å². The van der Waals surface area contributed by atoms with Gasteiger partial charge >= 0.3 is 0 Å². The van der Waals surface area contributed by atoms with Crippen LogP contribution in [0.5, 0.6) is 0 Å². The first-order chi connectivity index (χ1) is 11.6. The molecule has 24 heavy (non-hydrogen) atoms. The third kappa shape index (κ3) is 2.95. The molecule has 7 heteroatoms. The first kappa shape index (κ1) is 17.4. The van der Waals surface area contributed by atoms with Gasteiger partial charge in [0.05, 0.1) is 18.3 Å². The molecule has 2 atom stereocenters. The number of ether oxygens (including phenoxy) is 1. The summed E-state index contributed by atoms with van der Waals surface area (Å²) in [6, 6.07) is 0.487. The molecule has 1 aliphatic heterocycles. The van der Waals surface area contributed by atoms with Gasteiger partial charge in [-0.25, -0.2) is 4.68 Å². The highest BCUT2D eigenvalue weighted by Crippen LogP contribution is 2.48. The minimum absolute atomic E-state index is 0.0371. The molecule has 2 N–H and O–H groups in total. The highest BCUT2D eigenvalue weighted by atomic mass is 16.5. The van der Waals surface area contributed by atoms with Crippen molar-refractivity contribution in [3.05, 3.63) is 11.9 Å². The Morgan fingerprint density at radius 2 is 2.12 bits per heavy atom. The van der Waals surface area contributed by atoms with E-state index < -0.39 is 0 Å². The molecule has 1 saturated carbocycles. The van der Waals surface area contributed by atoms with Crippen LogP contribution in [-0.4, -0.2) is 53.2 Å². The highest BCUT2D eigenvalue weighted by Gasteiger charge is 2.53. The molecule has 1 amide bonds. The Bertz CT molecular complexity index is 563. The standard InChI is InChI=1S/C17H29N5O2/c1-4-17(5-2)14(10-15(17)24-3)19-16(23)13-11-22(21-20-13)12-6-8-18-9-7-12/h11-12,14-15,18H,4-10H2,1-3H3,(H,19,23)/t14-,15-/m1/s1. The fourth-order valence-corrected chi connectivity index (χ4v) is 4.34. The molecule has 0 radical (unpaired) electrons. The molecular weight excluding hydrogens is 306 g/mol. The zero-order valence-corrected chi connectivity index (χ0v) is 14.9. The van der Waals surface area contributed by atoms with Crippen LogP contribution in [0.25, 0.3) is 0 Å². The van der Waals surface area contributed by atoms with E-state index in [1.54, 1.807) is 13.3 Å². The molecule has 0 spiro atoms. The summed E-state index contributed by atoms with van der Waals surface area (Å²) in [4.78, 5) is 12.6. The summed E-state index contributed by atoms with van der Waals surface area (Å²) in [5.41, 5.74) is 0.450. The average Bonchev–Trinajstić information content (AvgIpc) is 3.10. The van der Waals surface area contributed by atoms with Gasteiger partial charge in [0.25, 0.3) is 5.91 Å². The minimum atomic E-state index is -0.124. The third-order valence-electron chi connectivity index (χ3n) is 6.12. The van der Waals surface area contributed by atoms with Crippen molar-refractivity contribution in [3.8, 4) is 0 Å². The number of nitrogens with zero attached hydrogens (tertiary/aromatic N) is 3.